The minimum atomic E-state index is -4.59. The van der Waals surface area contributed by atoms with E-state index in [1.54, 1.807) is 0 Å². The predicted octanol–water partition coefficient (Wildman–Crippen LogP) is 4.27. The molecule has 0 bridgehead atoms. The molecule has 1 amide bonds. The van der Waals surface area contributed by atoms with E-state index in [4.69, 9.17) is 21.4 Å². The zero-order valence-electron chi connectivity index (χ0n) is 15.0. The monoisotopic (exact) mass is 427 g/mol. The Kier molecular flexibility index (Phi) is 5.14. The number of fused-ring (bicyclic) bond motifs is 1. The number of aromatic nitrogens is 2. The third-order valence-electron chi connectivity index (χ3n) is 4.10. The number of rotatable bonds is 4. The van der Waals surface area contributed by atoms with Gasteiger partial charge in [0.25, 0.3) is 5.91 Å². The largest absolute Gasteiger partial charge is 0.496 e. The number of benzene rings is 1. The van der Waals surface area contributed by atoms with Gasteiger partial charge in [-0.25, -0.2) is 9.78 Å². The number of carbonyl (C=O) groups is 2. The maximum atomic E-state index is 13.0. The standard InChI is InChI=1S/C18H13ClF3N3O4/c1-8-15(25-7-9(18(20,21)22)3-4-14(25)23-8)16(26)24-12-6-13(29-2)10(17(27)28)5-11(12)19/h3-7H,1-2H3,(H,24,26)(H,27,28). The summed E-state index contributed by atoms with van der Waals surface area (Å²) in [7, 11) is 1.24. The highest BCUT2D eigenvalue weighted by molar-refractivity contribution is 6.34. The van der Waals surface area contributed by atoms with Crippen LogP contribution in [0, 0.1) is 6.92 Å². The summed E-state index contributed by atoms with van der Waals surface area (Å²) >= 11 is 6.05. The lowest BCUT2D eigenvalue weighted by molar-refractivity contribution is -0.137. The number of carboxylic acids is 1. The van der Waals surface area contributed by atoms with Gasteiger partial charge in [-0.1, -0.05) is 11.6 Å². The van der Waals surface area contributed by atoms with Gasteiger partial charge >= 0.3 is 12.1 Å². The number of halogens is 4. The molecule has 2 heterocycles. The van der Waals surface area contributed by atoms with Crippen LogP contribution in [0.25, 0.3) is 5.65 Å². The summed E-state index contributed by atoms with van der Waals surface area (Å²) < 4.78 is 45.1. The van der Waals surface area contributed by atoms with Crippen LogP contribution in [-0.4, -0.2) is 33.5 Å². The Hall–Kier alpha value is -3.27. The Morgan fingerprint density at radius 2 is 1.97 bits per heavy atom. The first-order valence-electron chi connectivity index (χ1n) is 8.01. The first-order chi connectivity index (χ1) is 13.5. The molecule has 11 heteroatoms. The van der Waals surface area contributed by atoms with Crippen molar-refractivity contribution in [2.24, 2.45) is 0 Å². The van der Waals surface area contributed by atoms with Crippen LogP contribution in [0.15, 0.2) is 30.5 Å². The number of aromatic carboxylic acids is 1. The van der Waals surface area contributed by atoms with Gasteiger partial charge in [-0.3, -0.25) is 9.20 Å². The zero-order valence-corrected chi connectivity index (χ0v) is 15.7. The number of amides is 1. The molecule has 0 saturated heterocycles. The molecule has 3 aromatic rings. The number of hydrogen-bond acceptors (Lipinski definition) is 4. The van der Waals surface area contributed by atoms with Crippen molar-refractivity contribution in [1.29, 1.82) is 0 Å². The summed E-state index contributed by atoms with van der Waals surface area (Å²) in [5, 5.41) is 11.5. The average molecular weight is 428 g/mol. The Labute approximate surface area is 166 Å². The first kappa shape index (κ1) is 20.5. The summed E-state index contributed by atoms with van der Waals surface area (Å²) in [6.45, 7) is 1.48. The molecule has 0 radical (unpaired) electrons. The molecule has 0 aliphatic heterocycles. The van der Waals surface area contributed by atoms with Crippen molar-refractivity contribution in [3.63, 3.8) is 0 Å². The number of imidazole rings is 1. The Bertz CT molecular complexity index is 1140. The van der Waals surface area contributed by atoms with Gasteiger partial charge in [0.05, 0.1) is 29.1 Å². The molecular formula is C18H13ClF3N3O4. The predicted molar refractivity (Wildman–Crippen MR) is 97.8 cm³/mol. The van der Waals surface area contributed by atoms with Gasteiger partial charge in [0.1, 0.15) is 22.7 Å². The third kappa shape index (κ3) is 3.83. The van der Waals surface area contributed by atoms with Crippen LogP contribution in [0.3, 0.4) is 0 Å². The maximum Gasteiger partial charge on any atom is 0.417 e. The minimum Gasteiger partial charge on any atom is -0.496 e. The number of methoxy groups -OCH3 is 1. The van der Waals surface area contributed by atoms with E-state index in [-0.39, 0.29) is 39.1 Å². The number of alkyl halides is 3. The number of hydrogen-bond donors (Lipinski definition) is 2. The molecule has 0 fully saturated rings. The molecule has 0 saturated carbocycles. The lowest BCUT2D eigenvalue weighted by atomic mass is 10.1. The van der Waals surface area contributed by atoms with Crippen LogP contribution < -0.4 is 10.1 Å². The topological polar surface area (TPSA) is 92.9 Å². The second kappa shape index (κ2) is 7.28. The van der Waals surface area contributed by atoms with Gasteiger partial charge in [0.2, 0.25) is 0 Å². The number of aryl methyl sites for hydroxylation is 1. The first-order valence-corrected chi connectivity index (χ1v) is 8.38. The van der Waals surface area contributed by atoms with Gasteiger partial charge in [-0.05, 0) is 25.1 Å². The van der Waals surface area contributed by atoms with E-state index in [0.29, 0.717) is 0 Å². The number of carbonyl (C=O) groups excluding carboxylic acids is 1. The Balaban J connectivity index is 2.05. The number of ether oxygens (including phenoxy) is 1. The van der Waals surface area contributed by atoms with Crippen LogP contribution in [0.1, 0.15) is 32.1 Å². The molecule has 29 heavy (non-hydrogen) atoms. The van der Waals surface area contributed by atoms with Crippen LogP contribution >= 0.6 is 11.6 Å². The second-order valence-corrected chi connectivity index (χ2v) is 6.39. The third-order valence-corrected chi connectivity index (χ3v) is 4.42. The van der Waals surface area contributed by atoms with E-state index in [9.17, 15) is 22.8 Å². The Morgan fingerprint density at radius 3 is 2.55 bits per heavy atom. The average Bonchev–Trinajstić information content (AvgIpc) is 2.97. The van der Waals surface area contributed by atoms with Gasteiger partial charge < -0.3 is 15.2 Å². The highest BCUT2D eigenvalue weighted by Gasteiger charge is 2.31. The summed E-state index contributed by atoms with van der Waals surface area (Å²) in [5.74, 6) is -2.10. The van der Waals surface area contributed by atoms with Crippen LogP contribution in [0.2, 0.25) is 5.02 Å². The van der Waals surface area contributed by atoms with Crippen LogP contribution in [-0.2, 0) is 6.18 Å². The SMILES string of the molecule is COc1cc(NC(=O)c2c(C)nc3ccc(C(F)(F)F)cn23)c(Cl)cc1C(=O)O. The summed E-state index contributed by atoms with van der Waals surface area (Å²) in [6.07, 6.45) is -3.82. The maximum absolute atomic E-state index is 13.0. The molecule has 7 nitrogen and oxygen atoms in total. The highest BCUT2D eigenvalue weighted by Crippen LogP contribution is 2.32. The van der Waals surface area contributed by atoms with Crippen molar-refractivity contribution in [1.82, 2.24) is 9.38 Å². The number of nitrogens with zero attached hydrogens (tertiary/aromatic N) is 2. The number of pyridine rings is 1. The fourth-order valence-electron chi connectivity index (χ4n) is 2.77. The van der Waals surface area contributed by atoms with Crippen molar-refractivity contribution in [3.8, 4) is 5.75 Å². The highest BCUT2D eigenvalue weighted by atomic mass is 35.5. The number of nitrogens with one attached hydrogen (secondary N) is 1. The number of carboxylic acid groups (broad SMARTS) is 1. The summed E-state index contributed by atoms with van der Waals surface area (Å²) in [4.78, 5) is 28.1. The molecule has 1 aromatic carbocycles. The molecule has 2 N–H and O–H groups in total. The van der Waals surface area contributed by atoms with Gasteiger partial charge in [0.15, 0.2) is 0 Å². The lowest BCUT2D eigenvalue weighted by Crippen LogP contribution is -2.17. The summed E-state index contributed by atoms with van der Waals surface area (Å²) in [5.41, 5.74) is -0.890. The molecule has 0 atom stereocenters. The molecule has 0 unspecified atom stereocenters. The smallest absolute Gasteiger partial charge is 0.417 e. The van der Waals surface area contributed by atoms with Crippen molar-refractivity contribution in [3.05, 3.63) is 58.0 Å². The fraction of sp³-hybridized carbons (Fsp3) is 0.167. The van der Waals surface area contributed by atoms with E-state index in [0.717, 1.165) is 28.8 Å². The number of anilines is 1. The fourth-order valence-corrected chi connectivity index (χ4v) is 2.98. The molecule has 0 spiro atoms. The molecule has 0 aliphatic rings. The lowest BCUT2D eigenvalue weighted by Gasteiger charge is -2.12. The van der Waals surface area contributed by atoms with Gasteiger partial charge in [-0.15, -0.1) is 0 Å². The van der Waals surface area contributed by atoms with Crippen molar-refractivity contribution in [2.45, 2.75) is 13.1 Å². The van der Waals surface area contributed by atoms with Gasteiger partial charge in [-0.2, -0.15) is 13.2 Å². The molecule has 3 rings (SSSR count). The van der Waals surface area contributed by atoms with Crippen molar-refractivity contribution >= 4 is 34.8 Å². The van der Waals surface area contributed by atoms with Crippen LogP contribution in [0.5, 0.6) is 5.75 Å². The molecule has 0 aliphatic carbocycles. The van der Waals surface area contributed by atoms with Gasteiger partial charge in [0, 0.05) is 12.3 Å². The van der Waals surface area contributed by atoms with Crippen molar-refractivity contribution in [2.75, 3.05) is 12.4 Å². The Morgan fingerprint density at radius 1 is 1.28 bits per heavy atom. The van der Waals surface area contributed by atoms with Crippen LogP contribution in [0.4, 0.5) is 18.9 Å². The quantitative estimate of drug-likeness (QED) is 0.648. The zero-order chi connectivity index (χ0) is 21.5. The summed E-state index contributed by atoms with van der Waals surface area (Å²) in [6, 6.07) is 4.34. The second-order valence-electron chi connectivity index (χ2n) is 5.98. The van der Waals surface area contributed by atoms with E-state index in [1.807, 2.05) is 0 Å². The molecule has 2 aromatic heterocycles. The van der Waals surface area contributed by atoms with E-state index >= 15 is 0 Å². The minimum absolute atomic E-state index is 0.0276. The van der Waals surface area contributed by atoms with E-state index in [2.05, 4.69) is 10.3 Å². The van der Waals surface area contributed by atoms with Crippen molar-refractivity contribution < 1.29 is 32.6 Å². The normalized spacial score (nSPS) is 11.5. The molecular weight excluding hydrogens is 415 g/mol. The van der Waals surface area contributed by atoms with E-state index in [1.165, 1.54) is 20.1 Å². The molecule has 152 valence electrons. The van der Waals surface area contributed by atoms with E-state index < -0.39 is 23.6 Å².